The molecule has 0 N–H and O–H groups in total. The summed E-state index contributed by atoms with van der Waals surface area (Å²) in [6.07, 6.45) is 6.17. The van der Waals surface area contributed by atoms with Gasteiger partial charge < -0.3 is 4.74 Å². The fourth-order valence-electron chi connectivity index (χ4n) is 3.15. The predicted octanol–water partition coefficient (Wildman–Crippen LogP) is 2.93. The first kappa shape index (κ1) is 10.7. The molecule has 1 heterocycles. The molecule has 0 aromatic carbocycles. The Bertz CT molecular complexity index is 284. The van der Waals surface area contributed by atoms with Crippen LogP contribution in [0.1, 0.15) is 39.5 Å². The molecule has 2 heteroatoms. The van der Waals surface area contributed by atoms with Crippen LogP contribution in [0.5, 0.6) is 0 Å². The van der Waals surface area contributed by atoms with Crippen molar-refractivity contribution in [2.45, 2.75) is 45.6 Å². The minimum atomic E-state index is -0.299. The second-order valence-electron chi connectivity index (χ2n) is 5.38. The first-order valence-corrected chi connectivity index (χ1v) is 5.90. The molecule has 3 unspecified atom stereocenters. The Morgan fingerprint density at radius 2 is 2.33 bits per heavy atom. The summed E-state index contributed by atoms with van der Waals surface area (Å²) in [7, 11) is 0. The lowest BCUT2D eigenvalue weighted by Gasteiger charge is -2.33. The first-order chi connectivity index (χ1) is 7.08. The van der Waals surface area contributed by atoms with Crippen molar-refractivity contribution >= 4 is 5.97 Å². The van der Waals surface area contributed by atoms with Gasteiger partial charge in [0, 0.05) is 5.92 Å². The van der Waals surface area contributed by atoms with Gasteiger partial charge in [-0.05, 0) is 32.1 Å². The Kier molecular flexibility index (Phi) is 2.61. The lowest BCUT2D eigenvalue weighted by molar-refractivity contribution is -0.148. The summed E-state index contributed by atoms with van der Waals surface area (Å²) in [6, 6.07) is 0. The second kappa shape index (κ2) is 3.66. The van der Waals surface area contributed by atoms with Crippen LogP contribution in [0.15, 0.2) is 12.7 Å². The Labute approximate surface area is 91.7 Å². The molecular weight excluding hydrogens is 188 g/mol. The predicted molar refractivity (Wildman–Crippen MR) is 59.3 cm³/mol. The number of carbonyl (C=O) groups excluding carboxylic acids is 1. The Balaban J connectivity index is 2.20. The third kappa shape index (κ3) is 1.60. The van der Waals surface area contributed by atoms with E-state index >= 15 is 0 Å². The van der Waals surface area contributed by atoms with Crippen LogP contribution >= 0.6 is 0 Å². The number of fused-ring (bicyclic) bond motifs is 1. The molecule has 0 amide bonds. The van der Waals surface area contributed by atoms with E-state index in [4.69, 9.17) is 4.74 Å². The summed E-state index contributed by atoms with van der Waals surface area (Å²) in [6.45, 7) is 8.03. The normalized spacial score (nSPS) is 44.7. The maximum Gasteiger partial charge on any atom is 0.312 e. The smallest absolute Gasteiger partial charge is 0.312 e. The van der Waals surface area contributed by atoms with E-state index in [1.54, 1.807) is 0 Å². The van der Waals surface area contributed by atoms with Gasteiger partial charge in [-0.1, -0.05) is 19.4 Å². The number of esters is 1. The fraction of sp³-hybridized carbons (Fsp3) is 0.769. The molecule has 0 aromatic rings. The molecule has 1 aliphatic heterocycles. The summed E-state index contributed by atoms with van der Waals surface area (Å²) in [5.74, 6) is 1.11. The maximum atomic E-state index is 11.9. The van der Waals surface area contributed by atoms with Crippen molar-refractivity contribution in [1.29, 1.82) is 0 Å². The summed E-state index contributed by atoms with van der Waals surface area (Å²) in [4.78, 5) is 11.9. The van der Waals surface area contributed by atoms with Gasteiger partial charge in [-0.15, -0.1) is 6.58 Å². The number of rotatable bonds is 2. The van der Waals surface area contributed by atoms with Gasteiger partial charge in [0.2, 0.25) is 0 Å². The molecule has 0 spiro atoms. The van der Waals surface area contributed by atoms with Crippen molar-refractivity contribution in [2.75, 3.05) is 0 Å². The highest BCUT2D eigenvalue weighted by atomic mass is 16.6. The molecule has 2 fully saturated rings. The number of ether oxygens (including phenoxy) is 1. The minimum absolute atomic E-state index is 0.00787. The zero-order valence-electron chi connectivity index (χ0n) is 9.66. The molecule has 0 aromatic heterocycles. The van der Waals surface area contributed by atoms with Gasteiger partial charge in [-0.2, -0.15) is 0 Å². The summed E-state index contributed by atoms with van der Waals surface area (Å²) < 4.78 is 5.52. The maximum absolute atomic E-state index is 11.9. The van der Waals surface area contributed by atoms with Crippen molar-refractivity contribution in [3.63, 3.8) is 0 Å². The monoisotopic (exact) mass is 208 g/mol. The summed E-state index contributed by atoms with van der Waals surface area (Å²) >= 11 is 0. The third-order valence-electron chi connectivity index (χ3n) is 4.17. The Hall–Kier alpha value is -0.790. The molecule has 2 nitrogen and oxygen atoms in total. The standard InChI is InChI=1S/C13H20O2/c1-4-7-13(3)10-6-5-9(2)8-11(10)15-12(13)14/h4,9-11H,1,5-8H2,2-3H3/t9-,10?,11?,13?/m1/s1. The lowest BCUT2D eigenvalue weighted by atomic mass is 9.67. The molecule has 15 heavy (non-hydrogen) atoms. The number of hydrogen-bond donors (Lipinski definition) is 0. The van der Waals surface area contributed by atoms with Gasteiger partial charge >= 0.3 is 5.97 Å². The summed E-state index contributed by atoms with van der Waals surface area (Å²) in [5.41, 5.74) is -0.299. The van der Waals surface area contributed by atoms with Gasteiger partial charge in [0.25, 0.3) is 0 Å². The van der Waals surface area contributed by atoms with Crippen molar-refractivity contribution in [1.82, 2.24) is 0 Å². The molecule has 1 aliphatic carbocycles. The Morgan fingerprint density at radius 1 is 1.60 bits per heavy atom. The van der Waals surface area contributed by atoms with Crippen LogP contribution in [0.2, 0.25) is 0 Å². The average Bonchev–Trinajstić information content (AvgIpc) is 2.39. The van der Waals surface area contributed by atoms with E-state index in [0.717, 1.165) is 19.3 Å². The number of hydrogen-bond acceptors (Lipinski definition) is 2. The number of carbonyl (C=O) groups is 1. The van der Waals surface area contributed by atoms with E-state index in [-0.39, 0.29) is 17.5 Å². The van der Waals surface area contributed by atoms with Crippen molar-refractivity contribution in [3.8, 4) is 0 Å². The van der Waals surface area contributed by atoms with E-state index in [9.17, 15) is 4.79 Å². The minimum Gasteiger partial charge on any atom is -0.462 e. The SMILES string of the molecule is C=CCC1(C)C(=O)OC2C[C@H](C)CCC21. The van der Waals surface area contributed by atoms with Gasteiger partial charge in [0.15, 0.2) is 0 Å². The topological polar surface area (TPSA) is 26.3 Å². The molecule has 4 atom stereocenters. The van der Waals surface area contributed by atoms with Gasteiger partial charge in [0.05, 0.1) is 5.41 Å². The van der Waals surface area contributed by atoms with E-state index < -0.39 is 0 Å². The Morgan fingerprint density at radius 3 is 3.00 bits per heavy atom. The van der Waals surface area contributed by atoms with E-state index in [2.05, 4.69) is 13.5 Å². The molecule has 0 bridgehead atoms. The van der Waals surface area contributed by atoms with Crippen LogP contribution in [-0.4, -0.2) is 12.1 Å². The zero-order valence-corrected chi connectivity index (χ0v) is 9.66. The van der Waals surface area contributed by atoms with Gasteiger partial charge in [0.1, 0.15) is 6.10 Å². The van der Waals surface area contributed by atoms with Crippen LogP contribution in [0.4, 0.5) is 0 Å². The van der Waals surface area contributed by atoms with E-state index in [0.29, 0.717) is 11.8 Å². The summed E-state index contributed by atoms with van der Waals surface area (Å²) in [5, 5.41) is 0. The largest absolute Gasteiger partial charge is 0.462 e. The molecule has 0 radical (unpaired) electrons. The molecule has 1 saturated heterocycles. The van der Waals surface area contributed by atoms with Crippen LogP contribution in [0, 0.1) is 17.3 Å². The van der Waals surface area contributed by atoms with Crippen LogP contribution in [0.3, 0.4) is 0 Å². The molecule has 2 rings (SSSR count). The van der Waals surface area contributed by atoms with Crippen LogP contribution in [0.25, 0.3) is 0 Å². The van der Waals surface area contributed by atoms with Crippen LogP contribution in [-0.2, 0) is 9.53 Å². The highest BCUT2D eigenvalue weighted by Crippen LogP contribution is 2.49. The molecule has 84 valence electrons. The first-order valence-electron chi connectivity index (χ1n) is 5.90. The van der Waals surface area contributed by atoms with Gasteiger partial charge in [-0.25, -0.2) is 0 Å². The quantitative estimate of drug-likeness (QED) is 0.515. The van der Waals surface area contributed by atoms with Crippen molar-refractivity contribution in [3.05, 3.63) is 12.7 Å². The third-order valence-corrected chi connectivity index (χ3v) is 4.17. The fourth-order valence-corrected chi connectivity index (χ4v) is 3.15. The molecule has 2 aliphatic rings. The highest BCUT2D eigenvalue weighted by Gasteiger charge is 2.54. The number of allylic oxidation sites excluding steroid dienone is 1. The van der Waals surface area contributed by atoms with E-state index in [1.165, 1.54) is 6.42 Å². The molecular formula is C13H20O2. The van der Waals surface area contributed by atoms with Crippen molar-refractivity contribution in [2.24, 2.45) is 17.3 Å². The lowest BCUT2D eigenvalue weighted by Crippen LogP contribution is -2.34. The highest BCUT2D eigenvalue weighted by molar-refractivity contribution is 5.79. The van der Waals surface area contributed by atoms with E-state index in [1.807, 2.05) is 13.0 Å². The van der Waals surface area contributed by atoms with Gasteiger partial charge in [-0.3, -0.25) is 4.79 Å². The second-order valence-corrected chi connectivity index (χ2v) is 5.38. The zero-order chi connectivity index (χ0) is 11.1. The average molecular weight is 208 g/mol. The van der Waals surface area contributed by atoms with Crippen molar-refractivity contribution < 1.29 is 9.53 Å². The van der Waals surface area contributed by atoms with Crippen LogP contribution < -0.4 is 0 Å². The molecule has 1 saturated carbocycles.